The molecule has 1 aliphatic heterocycles. The number of amides is 1. The summed E-state index contributed by atoms with van der Waals surface area (Å²) in [6.45, 7) is -0.408. The van der Waals surface area contributed by atoms with Crippen LogP contribution in [0.5, 0.6) is 0 Å². The average molecular weight is 592 g/mol. The summed E-state index contributed by atoms with van der Waals surface area (Å²) in [5.74, 6) is -0.915. The highest BCUT2D eigenvalue weighted by Gasteiger charge is 2.30. The quantitative estimate of drug-likeness (QED) is 0.317. The second kappa shape index (κ2) is 12.4. The van der Waals surface area contributed by atoms with Crippen LogP contribution in [0.4, 0.5) is 13.2 Å². The molecule has 2 aromatic carbocycles. The van der Waals surface area contributed by atoms with E-state index in [-0.39, 0.29) is 25.3 Å². The minimum Gasteiger partial charge on any atom is -0.339 e. The fourth-order valence-electron chi connectivity index (χ4n) is 5.02. The largest absolute Gasteiger partial charge is 0.401 e. The van der Waals surface area contributed by atoms with Crippen molar-refractivity contribution in [1.29, 1.82) is 5.26 Å². The van der Waals surface area contributed by atoms with Crippen molar-refractivity contribution in [2.45, 2.75) is 32.0 Å². The summed E-state index contributed by atoms with van der Waals surface area (Å²) in [7, 11) is 1.36. The molecule has 0 spiro atoms. The zero-order valence-electron chi connectivity index (χ0n) is 21.6. The predicted octanol–water partition coefficient (Wildman–Crippen LogP) is 5.80. The van der Waals surface area contributed by atoms with Gasteiger partial charge in [0.05, 0.1) is 34.9 Å². The summed E-state index contributed by atoms with van der Waals surface area (Å²) in [6, 6.07) is 8.87. The number of carbonyl (C=O) groups excluding carboxylic acids is 2. The summed E-state index contributed by atoms with van der Waals surface area (Å²) < 4.78 is 39.0. The monoisotopic (exact) mass is 591 g/mol. The van der Waals surface area contributed by atoms with Crippen molar-refractivity contribution in [3.8, 4) is 6.07 Å². The molecule has 40 heavy (non-hydrogen) atoms. The standard InChI is InChI=1S/C28H26Cl2F3N5O2/c1-37(16-28(31,32)33)14-24-19(11-25(30)27-23(24)13-35-36-27)8-17(15-39)9-26(40)38-6-4-18(5-7-38)22-3-2-21(29)10-20(22)12-34/h2-4,10-11,13,15,17H,5-9,14,16H2,1H3,(H,35,36). The van der Waals surface area contributed by atoms with Crippen LogP contribution < -0.4 is 0 Å². The first-order valence-electron chi connectivity index (χ1n) is 12.5. The van der Waals surface area contributed by atoms with Gasteiger partial charge in [-0.3, -0.25) is 14.8 Å². The van der Waals surface area contributed by atoms with Crippen LogP contribution in [0.2, 0.25) is 10.0 Å². The number of nitrogens with one attached hydrogen (secondary N) is 1. The Labute approximate surface area is 239 Å². The maximum Gasteiger partial charge on any atom is 0.401 e. The van der Waals surface area contributed by atoms with Crippen molar-refractivity contribution in [3.63, 3.8) is 0 Å². The van der Waals surface area contributed by atoms with Gasteiger partial charge in [-0.05, 0) is 60.4 Å². The van der Waals surface area contributed by atoms with E-state index in [0.717, 1.165) is 16.0 Å². The van der Waals surface area contributed by atoms with Crippen molar-refractivity contribution in [2.24, 2.45) is 5.92 Å². The Balaban J connectivity index is 1.49. The maximum absolute atomic E-state index is 13.1. The Hall–Kier alpha value is -3.39. The number of nitrogens with zero attached hydrogens (tertiary/aromatic N) is 4. The van der Waals surface area contributed by atoms with E-state index in [0.29, 0.717) is 63.4 Å². The summed E-state index contributed by atoms with van der Waals surface area (Å²) in [5, 5.41) is 17.6. The molecular weight excluding hydrogens is 566 g/mol. The minimum absolute atomic E-state index is 0.0450. The fourth-order valence-corrected chi connectivity index (χ4v) is 5.46. The van der Waals surface area contributed by atoms with E-state index in [9.17, 15) is 28.0 Å². The van der Waals surface area contributed by atoms with Crippen LogP contribution in [-0.2, 0) is 22.6 Å². The number of aldehydes is 1. The van der Waals surface area contributed by atoms with Crippen LogP contribution in [0.3, 0.4) is 0 Å². The van der Waals surface area contributed by atoms with E-state index in [4.69, 9.17) is 23.2 Å². The van der Waals surface area contributed by atoms with E-state index in [1.165, 1.54) is 13.2 Å². The molecule has 1 atom stereocenters. The van der Waals surface area contributed by atoms with Crippen molar-refractivity contribution in [2.75, 3.05) is 26.7 Å². The summed E-state index contributed by atoms with van der Waals surface area (Å²) in [4.78, 5) is 27.9. The van der Waals surface area contributed by atoms with E-state index in [1.807, 2.05) is 6.08 Å². The van der Waals surface area contributed by atoms with Crippen LogP contribution in [-0.4, -0.2) is 65.0 Å². The van der Waals surface area contributed by atoms with Crippen molar-refractivity contribution in [1.82, 2.24) is 20.0 Å². The second-order valence-electron chi connectivity index (χ2n) is 9.87. The molecule has 1 N–H and O–H groups in total. The van der Waals surface area contributed by atoms with Gasteiger partial charge in [0.2, 0.25) is 5.91 Å². The molecule has 1 amide bonds. The maximum atomic E-state index is 13.1. The number of nitriles is 1. The number of halogens is 5. The van der Waals surface area contributed by atoms with Gasteiger partial charge in [-0.25, -0.2) is 0 Å². The van der Waals surface area contributed by atoms with Gasteiger partial charge in [-0.15, -0.1) is 0 Å². The predicted molar refractivity (Wildman–Crippen MR) is 147 cm³/mol. The molecular formula is C28H26Cl2F3N5O2. The molecule has 0 bridgehead atoms. The number of aromatic nitrogens is 2. The van der Waals surface area contributed by atoms with Crippen LogP contribution in [0.25, 0.3) is 16.5 Å². The van der Waals surface area contributed by atoms with Crippen LogP contribution in [0.1, 0.15) is 35.1 Å². The van der Waals surface area contributed by atoms with Gasteiger partial charge < -0.3 is 9.69 Å². The van der Waals surface area contributed by atoms with Gasteiger partial charge in [0.15, 0.2) is 0 Å². The molecule has 0 aliphatic carbocycles. The van der Waals surface area contributed by atoms with Gasteiger partial charge >= 0.3 is 6.18 Å². The molecule has 7 nitrogen and oxygen atoms in total. The summed E-state index contributed by atoms with van der Waals surface area (Å²) in [5.41, 5.74) is 3.84. The average Bonchev–Trinajstić information content (AvgIpc) is 3.40. The van der Waals surface area contributed by atoms with Gasteiger partial charge in [0.25, 0.3) is 0 Å². The molecule has 12 heteroatoms. The van der Waals surface area contributed by atoms with Crippen molar-refractivity contribution in [3.05, 3.63) is 68.8 Å². The molecule has 1 aliphatic rings. The van der Waals surface area contributed by atoms with E-state index in [1.54, 1.807) is 29.2 Å². The van der Waals surface area contributed by atoms with Crippen LogP contribution in [0, 0.1) is 17.2 Å². The van der Waals surface area contributed by atoms with Crippen LogP contribution in [0.15, 0.2) is 36.5 Å². The van der Waals surface area contributed by atoms with Gasteiger partial charge in [0, 0.05) is 42.4 Å². The first kappa shape index (κ1) is 29.6. The number of alkyl halides is 3. The van der Waals surface area contributed by atoms with Gasteiger partial charge in [-0.1, -0.05) is 35.3 Å². The zero-order valence-corrected chi connectivity index (χ0v) is 23.1. The molecule has 4 rings (SSSR count). The molecule has 1 unspecified atom stereocenters. The summed E-state index contributed by atoms with van der Waals surface area (Å²) >= 11 is 12.4. The highest BCUT2D eigenvalue weighted by molar-refractivity contribution is 6.35. The Morgan fingerprint density at radius 3 is 2.75 bits per heavy atom. The van der Waals surface area contributed by atoms with Gasteiger partial charge in [0.1, 0.15) is 6.29 Å². The third-order valence-electron chi connectivity index (χ3n) is 6.89. The highest BCUT2D eigenvalue weighted by Crippen LogP contribution is 2.32. The minimum atomic E-state index is -4.37. The lowest BCUT2D eigenvalue weighted by molar-refractivity contribution is -0.144. The molecule has 1 aromatic heterocycles. The molecule has 210 valence electrons. The molecule has 2 heterocycles. The normalized spacial score (nSPS) is 14.8. The van der Waals surface area contributed by atoms with Crippen molar-refractivity contribution >= 4 is 51.9 Å². The third kappa shape index (κ3) is 7.02. The SMILES string of the molecule is CN(Cc1c(CC(C=O)CC(=O)N2CC=C(c3ccc(Cl)cc3C#N)CC2)cc(Cl)c2[nH]ncc12)CC(F)(F)F. The number of hydrogen-bond donors (Lipinski definition) is 1. The smallest absolute Gasteiger partial charge is 0.339 e. The first-order valence-corrected chi connectivity index (χ1v) is 13.3. The number of H-pyrrole nitrogens is 1. The van der Waals surface area contributed by atoms with E-state index >= 15 is 0 Å². The lowest BCUT2D eigenvalue weighted by Gasteiger charge is -2.28. The Bertz CT molecular complexity index is 1500. The Morgan fingerprint density at radius 2 is 2.10 bits per heavy atom. The van der Waals surface area contributed by atoms with Gasteiger partial charge in [-0.2, -0.15) is 23.5 Å². The molecule has 0 saturated carbocycles. The topological polar surface area (TPSA) is 93.1 Å². The third-order valence-corrected chi connectivity index (χ3v) is 7.42. The Morgan fingerprint density at radius 1 is 1.32 bits per heavy atom. The van der Waals surface area contributed by atoms with Crippen LogP contribution >= 0.6 is 23.2 Å². The first-order chi connectivity index (χ1) is 19.0. The lowest BCUT2D eigenvalue weighted by Crippen LogP contribution is -2.36. The molecule has 0 saturated heterocycles. The summed E-state index contributed by atoms with van der Waals surface area (Å²) in [6.07, 6.45) is 0.331. The molecule has 0 radical (unpaired) electrons. The Kier molecular flexibility index (Phi) is 9.19. The molecule has 3 aromatic rings. The fraction of sp³-hybridized carbons (Fsp3) is 0.357. The number of fused-ring (bicyclic) bond motifs is 1. The number of benzene rings is 2. The number of hydrogen-bond acceptors (Lipinski definition) is 5. The second-order valence-corrected chi connectivity index (χ2v) is 10.7. The van der Waals surface area contributed by atoms with E-state index in [2.05, 4.69) is 16.3 Å². The highest BCUT2D eigenvalue weighted by atomic mass is 35.5. The number of rotatable bonds is 9. The van der Waals surface area contributed by atoms with Crippen molar-refractivity contribution < 1.29 is 22.8 Å². The number of carbonyl (C=O) groups is 2. The lowest BCUT2D eigenvalue weighted by atomic mass is 9.91. The zero-order chi connectivity index (χ0) is 29.0. The molecule has 0 fully saturated rings. The number of aromatic amines is 1. The van der Waals surface area contributed by atoms with E-state index < -0.39 is 18.6 Å².